The molecule has 0 aromatic heterocycles. The van der Waals surface area contributed by atoms with Crippen molar-refractivity contribution in [3.8, 4) is 0 Å². The highest BCUT2D eigenvalue weighted by molar-refractivity contribution is 7.91. The largest absolute Gasteiger partial charge is 0.329 e. The number of aryl methyl sites for hydroxylation is 1. The Morgan fingerprint density at radius 2 is 1.89 bits per heavy atom. The van der Waals surface area contributed by atoms with E-state index in [-0.39, 0.29) is 17.5 Å². The molecule has 1 heterocycles. The first-order valence-electron chi connectivity index (χ1n) is 6.23. The second-order valence-electron chi connectivity index (χ2n) is 4.80. The third-order valence-electron chi connectivity index (χ3n) is 3.59. The van der Waals surface area contributed by atoms with Crippen LogP contribution in [0.5, 0.6) is 0 Å². The smallest absolute Gasteiger partial charge is 0.152 e. The molecule has 0 radical (unpaired) electrons. The molecule has 1 aliphatic heterocycles. The van der Waals surface area contributed by atoms with Crippen molar-refractivity contribution in [1.82, 2.24) is 4.90 Å². The third kappa shape index (κ3) is 2.91. The Balaban J connectivity index is 2.18. The Bertz CT molecular complexity index is 499. The molecule has 1 saturated heterocycles. The van der Waals surface area contributed by atoms with E-state index in [4.69, 9.17) is 5.73 Å². The van der Waals surface area contributed by atoms with Crippen LogP contribution in [0.1, 0.15) is 17.2 Å². The lowest BCUT2D eigenvalue weighted by molar-refractivity contribution is 0.218. The lowest BCUT2D eigenvalue weighted by Crippen LogP contribution is -2.44. The average Bonchev–Trinajstić information content (AvgIpc) is 2.34. The van der Waals surface area contributed by atoms with Crippen molar-refractivity contribution in [3.63, 3.8) is 0 Å². The fraction of sp³-hybridized carbons (Fsp3) is 0.538. The Kier molecular flexibility index (Phi) is 4.04. The first kappa shape index (κ1) is 13.5. The number of rotatable bonds is 3. The van der Waals surface area contributed by atoms with E-state index < -0.39 is 9.84 Å². The standard InChI is InChI=1S/C13H20N2O2S/c1-11-4-2-3-5-12(11)13(10-14)15-6-8-18(16,17)9-7-15/h2-5,13H,6-10,14H2,1H3. The quantitative estimate of drug-likeness (QED) is 0.877. The Morgan fingerprint density at radius 3 is 2.44 bits per heavy atom. The van der Waals surface area contributed by atoms with Crippen LogP contribution in [0.2, 0.25) is 0 Å². The monoisotopic (exact) mass is 268 g/mol. The van der Waals surface area contributed by atoms with Crippen LogP contribution >= 0.6 is 0 Å². The van der Waals surface area contributed by atoms with Gasteiger partial charge in [0.05, 0.1) is 11.5 Å². The SMILES string of the molecule is Cc1ccccc1C(CN)N1CCS(=O)(=O)CC1. The minimum atomic E-state index is -2.83. The van der Waals surface area contributed by atoms with Gasteiger partial charge in [0.15, 0.2) is 9.84 Å². The van der Waals surface area contributed by atoms with Gasteiger partial charge in [-0.15, -0.1) is 0 Å². The van der Waals surface area contributed by atoms with Gasteiger partial charge in [0.25, 0.3) is 0 Å². The molecule has 1 aromatic carbocycles. The summed E-state index contributed by atoms with van der Waals surface area (Å²) < 4.78 is 22.9. The Labute approximate surface area is 109 Å². The average molecular weight is 268 g/mol. The molecule has 18 heavy (non-hydrogen) atoms. The fourth-order valence-corrected chi connectivity index (χ4v) is 3.70. The Hall–Kier alpha value is -0.910. The normalized spacial score (nSPS) is 21.7. The number of benzene rings is 1. The van der Waals surface area contributed by atoms with E-state index >= 15 is 0 Å². The minimum Gasteiger partial charge on any atom is -0.329 e. The lowest BCUT2D eigenvalue weighted by atomic mass is 10.00. The van der Waals surface area contributed by atoms with E-state index in [2.05, 4.69) is 24.0 Å². The van der Waals surface area contributed by atoms with Gasteiger partial charge in [0.1, 0.15) is 0 Å². The molecule has 0 spiro atoms. The van der Waals surface area contributed by atoms with Gasteiger partial charge < -0.3 is 5.73 Å². The maximum Gasteiger partial charge on any atom is 0.152 e. The van der Waals surface area contributed by atoms with Gasteiger partial charge >= 0.3 is 0 Å². The van der Waals surface area contributed by atoms with Crippen LogP contribution in [0, 0.1) is 6.92 Å². The molecule has 100 valence electrons. The van der Waals surface area contributed by atoms with Gasteiger partial charge in [-0.2, -0.15) is 0 Å². The van der Waals surface area contributed by atoms with Crippen molar-refractivity contribution in [2.45, 2.75) is 13.0 Å². The molecule has 5 heteroatoms. The van der Waals surface area contributed by atoms with Crippen LogP contribution in [0.15, 0.2) is 24.3 Å². The van der Waals surface area contributed by atoms with Crippen LogP contribution in [0.3, 0.4) is 0 Å². The van der Waals surface area contributed by atoms with Crippen LogP contribution in [0.25, 0.3) is 0 Å². The van der Waals surface area contributed by atoms with Crippen molar-refractivity contribution in [1.29, 1.82) is 0 Å². The van der Waals surface area contributed by atoms with Crippen LogP contribution in [0.4, 0.5) is 0 Å². The topological polar surface area (TPSA) is 63.4 Å². The molecule has 4 nitrogen and oxygen atoms in total. The first-order valence-corrected chi connectivity index (χ1v) is 8.06. The number of nitrogens with two attached hydrogens (primary N) is 1. The number of hydrogen-bond acceptors (Lipinski definition) is 4. The van der Waals surface area contributed by atoms with Crippen molar-refractivity contribution in [3.05, 3.63) is 35.4 Å². The minimum absolute atomic E-state index is 0.127. The van der Waals surface area contributed by atoms with E-state index in [1.165, 1.54) is 11.1 Å². The molecule has 1 fully saturated rings. The summed E-state index contributed by atoms with van der Waals surface area (Å²) in [4.78, 5) is 2.18. The molecule has 1 aliphatic rings. The van der Waals surface area contributed by atoms with Gasteiger partial charge in [-0.3, -0.25) is 4.90 Å². The molecule has 1 unspecified atom stereocenters. The van der Waals surface area contributed by atoms with Crippen LogP contribution < -0.4 is 5.73 Å². The molecule has 1 aromatic rings. The van der Waals surface area contributed by atoms with Crippen LogP contribution in [-0.2, 0) is 9.84 Å². The van der Waals surface area contributed by atoms with Crippen molar-refractivity contribution < 1.29 is 8.42 Å². The molecular formula is C13H20N2O2S. The molecule has 0 amide bonds. The van der Waals surface area contributed by atoms with Gasteiger partial charge in [-0.25, -0.2) is 8.42 Å². The van der Waals surface area contributed by atoms with E-state index in [0.717, 1.165) is 0 Å². The highest BCUT2D eigenvalue weighted by Crippen LogP contribution is 2.24. The van der Waals surface area contributed by atoms with Gasteiger partial charge in [0, 0.05) is 25.7 Å². The predicted octanol–water partition coefficient (Wildman–Crippen LogP) is 0.725. The van der Waals surface area contributed by atoms with Gasteiger partial charge in [-0.1, -0.05) is 24.3 Å². The molecule has 0 bridgehead atoms. The van der Waals surface area contributed by atoms with E-state index in [9.17, 15) is 8.42 Å². The summed E-state index contributed by atoms with van der Waals surface area (Å²) in [6, 6.07) is 8.29. The number of sulfone groups is 1. The van der Waals surface area contributed by atoms with E-state index in [1.807, 2.05) is 12.1 Å². The maximum absolute atomic E-state index is 11.5. The second-order valence-corrected chi connectivity index (χ2v) is 7.10. The number of hydrogen-bond donors (Lipinski definition) is 1. The molecule has 0 aliphatic carbocycles. The molecule has 2 rings (SSSR count). The zero-order valence-electron chi connectivity index (χ0n) is 10.7. The summed E-state index contributed by atoms with van der Waals surface area (Å²) in [5.41, 5.74) is 8.30. The summed E-state index contributed by atoms with van der Waals surface area (Å²) in [5.74, 6) is 0.491. The summed E-state index contributed by atoms with van der Waals surface area (Å²) in [6.07, 6.45) is 0. The molecular weight excluding hydrogens is 248 g/mol. The summed E-state index contributed by atoms with van der Waals surface area (Å²) in [6.45, 7) is 3.75. The zero-order valence-corrected chi connectivity index (χ0v) is 11.5. The van der Waals surface area contributed by atoms with Crippen molar-refractivity contribution >= 4 is 9.84 Å². The summed E-state index contributed by atoms with van der Waals surface area (Å²) >= 11 is 0. The summed E-state index contributed by atoms with van der Waals surface area (Å²) in [7, 11) is -2.83. The van der Waals surface area contributed by atoms with Gasteiger partial charge in [-0.05, 0) is 18.1 Å². The third-order valence-corrected chi connectivity index (χ3v) is 5.20. The van der Waals surface area contributed by atoms with Crippen molar-refractivity contribution in [2.24, 2.45) is 5.73 Å². The van der Waals surface area contributed by atoms with Crippen molar-refractivity contribution in [2.75, 3.05) is 31.1 Å². The first-order chi connectivity index (χ1) is 8.53. The zero-order chi connectivity index (χ0) is 13.2. The highest BCUT2D eigenvalue weighted by Gasteiger charge is 2.27. The second kappa shape index (κ2) is 5.38. The fourth-order valence-electron chi connectivity index (χ4n) is 2.47. The van der Waals surface area contributed by atoms with Gasteiger partial charge in [0.2, 0.25) is 0 Å². The lowest BCUT2D eigenvalue weighted by Gasteiger charge is -2.34. The van der Waals surface area contributed by atoms with E-state index in [0.29, 0.717) is 19.6 Å². The van der Waals surface area contributed by atoms with E-state index in [1.54, 1.807) is 0 Å². The highest BCUT2D eigenvalue weighted by atomic mass is 32.2. The molecule has 0 saturated carbocycles. The van der Waals surface area contributed by atoms with Crippen LogP contribution in [-0.4, -0.2) is 44.5 Å². The Morgan fingerprint density at radius 1 is 1.28 bits per heavy atom. The summed E-state index contributed by atoms with van der Waals surface area (Å²) in [5, 5.41) is 0. The molecule has 2 N–H and O–H groups in total. The number of nitrogens with zero attached hydrogens (tertiary/aromatic N) is 1. The predicted molar refractivity (Wildman–Crippen MR) is 73.2 cm³/mol. The maximum atomic E-state index is 11.5. The molecule has 1 atom stereocenters.